The predicted molar refractivity (Wildman–Crippen MR) is 105 cm³/mol. The van der Waals surface area contributed by atoms with Crippen LogP contribution in [0.25, 0.3) is 0 Å². The van der Waals surface area contributed by atoms with E-state index in [0.717, 1.165) is 31.3 Å². The van der Waals surface area contributed by atoms with Gasteiger partial charge in [-0.3, -0.25) is 19.2 Å². The third-order valence-electron chi connectivity index (χ3n) is 4.47. The summed E-state index contributed by atoms with van der Waals surface area (Å²) in [5.41, 5.74) is 0.844. The number of piperazine rings is 1. The summed E-state index contributed by atoms with van der Waals surface area (Å²) in [6.45, 7) is 8.13. The van der Waals surface area contributed by atoms with E-state index >= 15 is 0 Å². The molecule has 3 rings (SSSR count). The fourth-order valence-electron chi connectivity index (χ4n) is 3.13. The number of carbonyl (C=O) groups is 1. The number of hydrogen-bond acceptors (Lipinski definition) is 4. The number of rotatable bonds is 6. The van der Waals surface area contributed by atoms with Crippen LogP contribution in [0, 0.1) is 5.92 Å². The molecule has 1 saturated heterocycles. The van der Waals surface area contributed by atoms with Crippen molar-refractivity contribution >= 4 is 17.6 Å². The molecule has 1 aliphatic rings. The Labute approximate surface area is 159 Å². The molecule has 9 nitrogen and oxygen atoms in total. The van der Waals surface area contributed by atoms with E-state index < -0.39 is 0 Å². The molecule has 2 aromatic heterocycles. The maximum Gasteiger partial charge on any atom is 0.246 e. The molecule has 27 heavy (non-hydrogen) atoms. The normalized spacial score (nSPS) is 16.7. The number of carbonyl (C=O) groups excluding carboxylic acids is 1. The lowest BCUT2D eigenvalue weighted by Gasteiger charge is -2.35. The van der Waals surface area contributed by atoms with Crippen molar-refractivity contribution in [1.82, 2.24) is 29.8 Å². The average molecular weight is 372 g/mol. The maximum absolute atomic E-state index is 12.6. The third kappa shape index (κ3) is 4.87. The minimum Gasteiger partial charge on any atom is -0.357 e. The first kappa shape index (κ1) is 18.9. The molecule has 0 spiro atoms. The largest absolute Gasteiger partial charge is 0.357 e. The molecule has 1 N–H and O–H groups in total. The molecule has 2 aromatic rings. The predicted octanol–water partition coefficient (Wildman–Crippen LogP) is 0.567. The van der Waals surface area contributed by atoms with Crippen molar-refractivity contribution in [3.63, 3.8) is 0 Å². The van der Waals surface area contributed by atoms with Gasteiger partial charge in [-0.25, -0.2) is 0 Å². The molecule has 1 atom stereocenters. The minimum absolute atomic E-state index is 0.0597. The Morgan fingerprint density at radius 3 is 2.85 bits per heavy atom. The Morgan fingerprint density at radius 2 is 2.22 bits per heavy atom. The Bertz CT molecular complexity index is 766. The number of guanidine groups is 1. The summed E-state index contributed by atoms with van der Waals surface area (Å²) in [6, 6.07) is 1.92. The van der Waals surface area contributed by atoms with Crippen LogP contribution in [-0.4, -0.2) is 69.1 Å². The summed E-state index contributed by atoms with van der Waals surface area (Å²) in [5, 5.41) is 11.7. The monoisotopic (exact) mass is 372 g/mol. The Balaban J connectivity index is 1.60. The third-order valence-corrected chi connectivity index (χ3v) is 4.47. The second kappa shape index (κ2) is 8.70. The molecular formula is C18H28N8O. The zero-order chi connectivity index (χ0) is 19.2. The molecule has 0 aromatic carbocycles. The fraction of sp³-hybridized carbons (Fsp3) is 0.556. The van der Waals surface area contributed by atoms with Gasteiger partial charge in [0.25, 0.3) is 0 Å². The number of nitrogens with zero attached hydrogens (tertiary/aromatic N) is 7. The zero-order valence-electron chi connectivity index (χ0n) is 16.2. The lowest BCUT2D eigenvalue weighted by molar-refractivity contribution is -0.120. The molecule has 1 amide bonds. The summed E-state index contributed by atoms with van der Waals surface area (Å²) in [6.07, 6.45) is 7.34. The molecule has 3 heterocycles. The lowest BCUT2D eigenvalue weighted by Crippen LogP contribution is -2.55. The van der Waals surface area contributed by atoms with Gasteiger partial charge in [-0.2, -0.15) is 10.2 Å². The van der Waals surface area contributed by atoms with Crippen LogP contribution < -0.4 is 10.2 Å². The summed E-state index contributed by atoms with van der Waals surface area (Å²) in [5.74, 6) is 1.21. The van der Waals surface area contributed by atoms with Gasteiger partial charge in [0.2, 0.25) is 5.91 Å². The van der Waals surface area contributed by atoms with E-state index in [-0.39, 0.29) is 5.91 Å². The van der Waals surface area contributed by atoms with Crippen molar-refractivity contribution in [1.29, 1.82) is 0 Å². The molecule has 1 aliphatic heterocycles. The van der Waals surface area contributed by atoms with Crippen LogP contribution in [0.5, 0.6) is 0 Å². The molecule has 1 unspecified atom stereocenters. The summed E-state index contributed by atoms with van der Waals surface area (Å²) < 4.78 is 3.63. The first-order chi connectivity index (χ1) is 13.1. The van der Waals surface area contributed by atoms with E-state index in [1.165, 1.54) is 0 Å². The van der Waals surface area contributed by atoms with Crippen LogP contribution in [0.3, 0.4) is 0 Å². The number of aryl methyl sites for hydroxylation is 1. The standard InChI is InChI=1S/C18H28N8O/c1-4-19-18(20-10-15(2)12-25-7-5-6-21-25)24-8-9-26(17(27)14-24)16-11-22-23(3)13-16/h5-7,11,13,15H,4,8-10,12,14H2,1-3H3,(H,19,20). The van der Waals surface area contributed by atoms with Gasteiger partial charge < -0.3 is 15.1 Å². The van der Waals surface area contributed by atoms with Crippen molar-refractivity contribution in [3.05, 3.63) is 30.9 Å². The first-order valence-corrected chi connectivity index (χ1v) is 9.36. The van der Waals surface area contributed by atoms with Crippen molar-refractivity contribution < 1.29 is 4.79 Å². The second-order valence-corrected chi connectivity index (χ2v) is 6.87. The summed E-state index contributed by atoms with van der Waals surface area (Å²) in [7, 11) is 1.85. The highest BCUT2D eigenvalue weighted by Crippen LogP contribution is 2.16. The summed E-state index contributed by atoms with van der Waals surface area (Å²) >= 11 is 0. The van der Waals surface area contributed by atoms with Crippen molar-refractivity contribution in [2.45, 2.75) is 20.4 Å². The Morgan fingerprint density at radius 1 is 1.37 bits per heavy atom. The molecular weight excluding hydrogens is 344 g/mol. The molecule has 0 radical (unpaired) electrons. The second-order valence-electron chi connectivity index (χ2n) is 6.87. The Kier molecular flexibility index (Phi) is 6.10. The van der Waals surface area contributed by atoms with Crippen molar-refractivity contribution in [2.24, 2.45) is 18.0 Å². The number of hydrogen-bond donors (Lipinski definition) is 1. The van der Waals surface area contributed by atoms with E-state index in [4.69, 9.17) is 4.99 Å². The molecule has 1 fully saturated rings. The van der Waals surface area contributed by atoms with E-state index in [9.17, 15) is 4.79 Å². The van der Waals surface area contributed by atoms with Crippen LogP contribution in [0.15, 0.2) is 35.8 Å². The Hall–Kier alpha value is -2.84. The first-order valence-electron chi connectivity index (χ1n) is 9.36. The van der Waals surface area contributed by atoms with E-state index in [0.29, 0.717) is 25.6 Å². The number of nitrogens with one attached hydrogen (secondary N) is 1. The van der Waals surface area contributed by atoms with Gasteiger partial charge in [-0.05, 0) is 18.9 Å². The topological polar surface area (TPSA) is 83.6 Å². The molecule has 9 heteroatoms. The highest BCUT2D eigenvalue weighted by molar-refractivity contribution is 5.98. The van der Waals surface area contributed by atoms with Crippen molar-refractivity contribution in [2.75, 3.05) is 37.6 Å². The van der Waals surface area contributed by atoms with Gasteiger partial charge in [0, 0.05) is 58.4 Å². The highest BCUT2D eigenvalue weighted by atomic mass is 16.2. The molecule has 146 valence electrons. The molecule has 0 saturated carbocycles. The quantitative estimate of drug-likeness (QED) is 0.592. The number of aromatic nitrogens is 4. The van der Waals surface area contributed by atoms with Crippen LogP contribution in [0.1, 0.15) is 13.8 Å². The van der Waals surface area contributed by atoms with Gasteiger partial charge in [-0.1, -0.05) is 6.92 Å². The SMILES string of the molecule is CCNC(=NCC(C)Cn1cccn1)N1CCN(c2cnn(C)c2)C(=O)C1. The van der Waals surface area contributed by atoms with Crippen LogP contribution in [-0.2, 0) is 18.4 Å². The van der Waals surface area contributed by atoms with E-state index in [1.54, 1.807) is 22.0 Å². The number of amides is 1. The van der Waals surface area contributed by atoms with Gasteiger partial charge in [-0.15, -0.1) is 0 Å². The highest BCUT2D eigenvalue weighted by Gasteiger charge is 2.27. The van der Waals surface area contributed by atoms with E-state index in [1.807, 2.05) is 42.0 Å². The van der Waals surface area contributed by atoms with E-state index in [2.05, 4.69) is 22.4 Å². The van der Waals surface area contributed by atoms with Crippen LogP contribution >= 0.6 is 0 Å². The van der Waals surface area contributed by atoms with Gasteiger partial charge in [0.05, 0.1) is 11.9 Å². The number of anilines is 1. The van der Waals surface area contributed by atoms with Gasteiger partial charge in [0.15, 0.2) is 5.96 Å². The van der Waals surface area contributed by atoms with Crippen LogP contribution in [0.2, 0.25) is 0 Å². The van der Waals surface area contributed by atoms with Gasteiger partial charge >= 0.3 is 0 Å². The zero-order valence-corrected chi connectivity index (χ0v) is 16.2. The molecule has 0 aliphatic carbocycles. The minimum atomic E-state index is 0.0597. The van der Waals surface area contributed by atoms with Gasteiger partial charge in [0.1, 0.15) is 6.54 Å². The van der Waals surface area contributed by atoms with Crippen LogP contribution in [0.4, 0.5) is 5.69 Å². The average Bonchev–Trinajstić information content (AvgIpc) is 3.30. The smallest absolute Gasteiger partial charge is 0.246 e. The fourth-order valence-corrected chi connectivity index (χ4v) is 3.13. The lowest BCUT2D eigenvalue weighted by atomic mass is 10.2. The molecule has 0 bridgehead atoms. The summed E-state index contributed by atoms with van der Waals surface area (Å²) in [4.78, 5) is 21.2. The number of aliphatic imine (C=N–C) groups is 1. The maximum atomic E-state index is 12.6. The van der Waals surface area contributed by atoms with Crippen molar-refractivity contribution in [3.8, 4) is 0 Å².